The molecule has 0 spiro atoms. The lowest BCUT2D eigenvalue weighted by Gasteiger charge is -2.19. The van der Waals surface area contributed by atoms with Gasteiger partial charge in [0.1, 0.15) is 0 Å². The van der Waals surface area contributed by atoms with E-state index in [2.05, 4.69) is 46.3 Å². The molecule has 132 valence electrons. The van der Waals surface area contributed by atoms with E-state index in [1.807, 2.05) is 0 Å². The molecule has 3 heterocycles. The van der Waals surface area contributed by atoms with Crippen LogP contribution in [0.15, 0.2) is 41.3 Å². The second kappa shape index (κ2) is 6.79. The largest absolute Gasteiger partial charge is 0.352 e. The summed E-state index contributed by atoms with van der Waals surface area (Å²) in [7, 11) is 0. The van der Waals surface area contributed by atoms with Gasteiger partial charge in [0.2, 0.25) is 5.95 Å². The maximum absolute atomic E-state index is 11.0. The number of benzene rings is 1. The van der Waals surface area contributed by atoms with Crippen LogP contribution in [0, 0.1) is 10.1 Å². The first-order valence-electron chi connectivity index (χ1n) is 7.99. The van der Waals surface area contributed by atoms with Gasteiger partial charge in [0, 0.05) is 54.4 Å². The van der Waals surface area contributed by atoms with E-state index in [1.165, 1.54) is 12.1 Å². The number of nitro groups is 1. The van der Waals surface area contributed by atoms with Crippen LogP contribution in [0.4, 0.5) is 17.5 Å². The highest BCUT2D eigenvalue weighted by Crippen LogP contribution is 2.29. The Balaban J connectivity index is 1.55. The predicted octanol–water partition coefficient (Wildman–Crippen LogP) is 2.78. The minimum absolute atomic E-state index is 0.0461. The average Bonchev–Trinajstić information content (AvgIpc) is 3.11. The first-order valence-corrected chi connectivity index (χ1v) is 8.78. The molecule has 0 bridgehead atoms. The molecule has 0 radical (unpaired) electrons. The summed E-state index contributed by atoms with van der Waals surface area (Å²) in [4.78, 5) is 21.1. The standard InChI is InChI=1S/C16H14BrN7O2/c17-11-7-18-16(19-8-11)21-12-3-4-23(9-12)15-14-2-1-13(24(25)26)5-10(14)6-20-22-15/h1-2,5-8,12H,3-4,9H2,(H,18,19,21). The molecule has 3 aromatic rings. The molecule has 1 aliphatic heterocycles. The van der Waals surface area contributed by atoms with Gasteiger partial charge in [-0.25, -0.2) is 9.97 Å². The Kier molecular flexibility index (Phi) is 4.33. The van der Waals surface area contributed by atoms with Crippen LogP contribution in [-0.4, -0.2) is 44.2 Å². The first kappa shape index (κ1) is 16.6. The summed E-state index contributed by atoms with van der Waals surface area (Å²) in [6, 6.07) is 4.94. The third-order valence-corrected chi connectivity index (χ3v) is 4.69. The minimum Gasteiger partial charge on any atom is -0.352 e. The lowest BCUT2D eigenvalue weighted by Crippen LogP contribution is -2.27. The average molecular weight is 416 g/mol. The number of nitrogens with one attached hydrogen (secondary N) is 1. The number of fused-ring (bicyclic) bond motifs is 1. The zero-order valence-corrected chi connectivity index (χ0v) is 15.1. The number of hydrogen-bond donors (Lipinski definition) is 1. The summed E-state index contributed by atoms with van der Waals surface area (Å²) < 4.78 is 0.830. The van der Waals surface area contributed by atoms with Gasteiger partial charge in [-0.05, 0) is 28.4 Å². The number of nitro benzene ring substituents is 1. The number of aromatic nitrogens is 4. The zero-order valence-electron chi connectivity index (χ0n) is 13.5. The number of rotatable bonds is 4. The van der Waals surface area contributed by atoms with Crippen LogP contribution in [-0.2, 0) is 0 Å². The molecule has 1 saturated heterocycles. The quantitative estimate of drug-likeness (QED) is 0.511. The maximum atomic E-state index is 11.0. The van der Waals surface area contributed by atoms with Gasteiger partial charge in [0.15, 0.2) is 5.82 Å². The third-order valence-electron chi connectivity index (χ3n) is 4.28. The van der Waals surface area contributed by atoms with Gasteiger partial charge in [-0.1, -0.05) is 0 Å². The van der Waals surface area contributed by atoms with Crippen LogP contribution in [0.2, 0.25) is 0 Å². The fourth-order valence-corrected chi connectivity index (χ4v) is 3.25. The fraction of sp³-hybridized carbons (Fsp3) is 0.250. The third kappa shape index (κ3) is 3.27. The van der Waals surface area contributed by atoms with Crippen molar-refractivity contribution in [3.05, 3.63) is 51.4 Å². The SMILES string of the molecule is O=[N+]([O-])c1ccc2c(N3CCC(Nc4ncc(Br)cn4)C3)nncc2c1. The number of nitrogens with zero attached hydrogens (tertiary/aromatic N) is 6. The molecule has 0 saturated carbocycles. The number of halogens is 1. The molecule has 1 unspecified atom stereocenters. The van der Waals surface area contributed by atoms with E-state index in [9.17, 15) is 10.1 Å². The van der Waals surface area contributed by atoms with E-state index in [0.29, 0.717) is 11.3 Å². The van der Waals surface area contributed by atoms with Crippen molar-refractivity contribution in [1.29, 1.82) is 0 Å². The van der Waals surface area contributed by atoms with Crippen LogP contribution in [0.5, 0.6) is 0 Å². The van der Waals surface area contributed by atoms with E-state index >= 15 is 0 Å². The summed E-state index contributed by atoms with van der Waals surface area (Å²) in [6.45, 7) is 1.53. The molecular formula is C16H14BrN7O2. The van der Waals surface area contributed by atoms with Crippen molar-refractivity contribution in [2.45, 2.75) is 12.5 Å². The molecule has 9 nitrogen and oxygen atoms in total. The van der Waals surface area contributed by atoms with Gasteiger partial charge in [0.05, 0.1) is 15.6 Å². The number of non-ortho nitro benzene ring substituents is 1. The molecule has 10 heteroatoms. The van der Waals surface area contributed by atoms with Crippen LogP contribution in [0.1, 0.15) is 6.42 Å². The van der Waals surface area contributed by atoms with Crippen LogP contribution < -0.4 is 10.2 Å². The Morgan fingerprint density at radius 1 is 1.27 bits per heavy atom. The molecule has 1 atom stereocenters. The van der Waals surface area contributed by atoms with Crippen molar-refractivity contribution in [2.24, 2.45) is 0 Å². The molecule has 2 aromatic heterocycles. The van der Waals surface area contributed by atoms with E-state index in [1.54, 1.807) is 24.7 Å². The Bertz CT molecular complexity index is 966. The van der Waals surface area contributed by atoms with Gasteiger partial charge >= 0.3 is 0 Å². The lowest BCUT2D eigenvalue weighted by atomic mass is 10.1. The highest BCUT2D eigenvalue weighted by molar-refractivity contribution is 9.10. The van der Waals surface area contributed by atoms with E-state index in [0.717, 1.165) is 35.2 Å². The van der Waals surface area contributed by atoms with E-state index in [-0.39, 0.29) is 11.7 Å². The van der Waals surface area contributed by atoms with Gasteiger partial charge in [-0.3, -0.25) is 10.1 Å². The van der Waals surface area contributed by atoms with Crippen molar-refractivity contribution < 1.29 is 4.92 Å². The maximum Gasteiger partial charge on any atom is 0.270 e. The molecule has 1 aliphatic rings. The number of anilines is 2. The Morgan fingerprint density at radius 2 is 2.08 bits per heavy atom. The predicted molar refractivity (Wildman–Crippen MR) is 100 cm³/mol. The summed E-state index contributed by atoms with van der Waals surface area (Å²) in [5, 5.41) is 24.1. The molecule has 1 N–H and O–H groups in total. The van der Waals surface area contributed by atoms with E-state index in [4.69, 9.17) is 0 Å². The molecule has 1 fully saturated rings. The van der Waals surface area contributed by atoms with Crippen molar-refractivity contribution in [3.63, 3.8) is 0 Å². The lowest BCUT2D eigenvalue weighted by molar-refractivity contribution is -0.384. The normalized spacial score (nSPS) is 16.8. The minimum atomic E-state index is -0.409. The topological polar surface area (TPSA) is 110 Å². The highest BCUT2D eigenvalue weighted by atomic mass is 79.9. The molecule has 26 heavy (non-hydrogen) atoms. The molecular weight excluding hydrogens is 402 g/mol. The van der Waals surface area contributed by atoms with Crippen LogP contribution in [0.25, 0.3) is 10.8 Å². The summed E-state index contributed by atoms with van der Waals surface area (Å²) >= 11 is 3.32. The summed E-state index contributed by atoms with van der Waals surface area (Å²) in [5.41, 5.74) is 0.0461. The first-order chi connectivity index (χ1) is 12.6. The van der Waals surface area contributed by atoms with Crippen LogP contribution in [0.3, 0.4) is 0 Å². The summed E-state index contributed by atoms with van der Waals surface area (Å²) in [6.07, 6.45) is 5.86. The smallest absolute Gasteiger partial charge is 0.270 e. The fourth-order valence-electron chi connectivity index (χ4n) is 3.05. The zero-order chi connectivity index (χ0) is 18.1. The second-order valence-electron chi connectivity index (χ2n) is 6.00. The highest BCUT2D eigenvalue weighted by Gasteiger charge is 2.26. The molecule has 0 aliphatic carbocycles. The Labute approximate surface area is 156 Å². The van der Waals surface area contributed by atoms with Crippen molar-refractivity contribution in [2.75, 3.05) is 23.3 Å². The summed E-state index contributed by atoms with van der Waals surface area (Å²) in [5.74, 6) is 1.32. The van der Waals surface area contributed by atoms with Crippen molar-refractivity contribution in [3.8, 4) is 0 Å². The van der Waals surface area contributed by atoms with Crippen molar-refractivity contribution >= 4 is 44.2 Å². The van der Waals surface area contributed by atoms with Gasteiger partial charge < -0.3 is 10.2 Å². The van der Waals surface area contributed by atoms with Gasteiger partial charge in [-0.2, -0.15) is 5.10 Å². The van der Waals surface area contributed by atoms with Crippen LogP contribution >= 0.6 is 15.9 Å². The van der Waals surface area contributed by atoms with Gasteiger partial charge in [-0.15, -0.1) is 5.10 Å². The molecule has 4 rings (SSSR count). The van der Waals surface area contributed by atoms with Crippen molar-refractivity contribution in [1.82, 2.24) is 20.2 Å². The Hall–Kier alpha value is -2.88. The molecule has 1 aromatic carbocycles. The Morgan fingerprint density at radius 3 is 2.85 bits per heavy atom. The number of hydrogen-bond acceptors (Lipinski definition) is 8. The second-order valence-corrected chi connectivity index (χ2v) is 6.91. The van der Waals surface area contributed by atoms with Gasteiger partial charge in [0.25, 0.3) is 5.69 Å². The van der Waals surface area contributed by atoms with E-state index < -0.39 is 4.92 Å². The molecule has 0 amide bonds. The monoisotopic (exact) mass is 415 g/mol.